The smallest absolute Gasteiger partial charge is 0.160 e. The van der Waals surface area contributed by atoms with Crippen molar-refractivity contribution in [3.05, 3.63) is 0 Å². The lowest BCUT2D eigenvalue weighted by atomic mass is 9.93. The van der Waals surface area contributed by atoms with Gasteiger partial charge in [0.15, 0.2) is 5.78 Å². The second kappa shape index (κ2) is 7.80. The number of hydrogen-bond acceptors (Lipinski definition) is 3. The van der Waals surface area contributed by atoms with E-state index in [2.05, 4.69) is 20.8 Å². The fourth-order valence-electron chi connectivity index (χ4n) is 0.938. The van der Waals surface area contributed by atoms with Gasteiger partial charge in [0.05, 0.1) is 13.2 Å². The van der Waals surface area contributed by atoms with Crippen molar-refractivity contribution in [2.75, 3.05) is 26.4 Å². The van der Waals surface area contributed by atoms with E-state index in [1.54, 1.807) is 0 Å². The molecular weight excluding hydrogens is 204 g/mol. The van der Waals surface area contributed by atoms with Gasteiger partial charge >= 0.3 is 0 Å². The summed E-state index contributed by atoms with van der Waals surface area (Å²) < 4.78 is 10.6. The van der Waals surface area contributed by atoms with Crippen LogP contribution in [0.25, 0.3) is 0 Å². The predicted molar refractivity (Wildman–Crippen MR) is 65.6 cm³/mol. The van der Waals surface area contributed by atoms with Crippen molar-refractivity contribution in [1.29, 1.82) is 0 Å². The molecular formula is C13H26O3. The Bertz CT molecular complexity index is 192. The molecule has 0 N–H and O–H groups in total. The first kappa shape index (κ1) is 15.6. The van der Waals surface area contributed by atoms with Crippen LogP contribution in [0.5, 0.6) is 0 Å². The van der Waals surface area contributed by atoms with Gasteiger partial charge in [-0.25, -0.2) is 0 Å². The van der Waals surface area contributed by atoms with E-state index in [0.717, 1.165) is 13.0 Å². The highest BCUT2D eigenvalue weighted by molar-refractivity contribution is 5.81. The lowest BCUT2D eigenvalue weighted by molar-refractivity contribution is -0.127. The van der Waals surface area contributed by atoms with Crippen molar-refractivity contribution in [2.45, 2.75) is 41.0 Å². The summed E-state index contributed by atoms with van der Waals surface area (Å²) in [4.78, 5) is 11.2. The Morgan fingerprint density at radius 2 is 1.62 bits per heavy atom. The molecule has 0 rings (SSSR count). The first-order chi connectivity index (χ1) is 7.33. The molecule has 0 saturated carbocycles. The molecule has 0 heterocycles. The van der Waals surface area contributed by atoms with Gasteiger partial charge in [-0.3, -0.25) is 4.79 Å². The fourth-order valence-corrected chi connectivity index (χ4v) is 0.938. The zero-order chi connectivity index (χ0) is 12.6. The average Bonchev–Trinajstić information content (AvgIpc) is 2.14. The van der Waals surface area contributed by atoms with E-state index in [4.69, 9.17) is 9.47 Å². The third-order valence-electron chi connectivity index (χ3n) is 2.26. The molecule has 0 aliphatic carbocycles. The van der Waals surface area contributed by atoms with E-state index in [1.165, 1.54) is 0 Å². The van der Waals surface area contributed by atoms with E-state index >= 15 is 0 Å². The number of rotatable bonds is 8. The van der Waals surface area contributed by atoms with Crippen LogP contribution in [-0.4, -0.2) is 32.2 Å². The van der Waals surface area contributed by atoms with E-state index in [-0.39, 0.29) is 18.3 Å². The first-order valence-electron chi connectivity index (χ1n) is 6.01. The van der Waals surface area contributed by atoms with Gasteiger partial charge in [0, 0.05) is 12.5 Å². The summed E-state index contributed by atoms with van der Waals surface area (Å²) in [6, 6.07) is 0. The van der Waals surface area contributed by atoms with Gasteiger partial charge in [-0.05, 0) is 11.8 Å². The summed E-state index contributed by atoms with van der Waals surface area (Å²) >= 11 is 0. The summed E-state index contributed by atoms with van der Waals surface area (Å²) in [5, 5.41) is 0. The Balaban J connectivity index is 3.26. The van der Waals surface area contributed by atoms with Crippen molar-refractivity contribution in [1.82, 2.24) is 0 Å². The molecule has 0 aromatic rings. The Morgan fingerprint density at radius 1 is 1.06 bits per heavy atom. The SMILES string of the molecule is CC(C)C(=O)COCCOCCC(C)(C)C. The van der Waals surface area contributed by atoms with Gasteiger partial charge in [-0.15, -0.1) is 0 Å². The van der Waals surface area contributed by atoms with Crippen LogP contribution in [0.3, 0.4) is 0 Å². The normalized spacial score (nSPS) is 12.1. The van der Waals surface area contributed by atoms with Crippen LogP contribution in [0.2, 0.25) is 0 Å². The number of ether oxygens (including phenoxy) is 2. The van der Waals surface area contributed by atoms with E-state index in [9.17, 15) is 4.79 Å². The summed E-state index contributed by atoms with van der Waals surface area (Å²) in [7, 11) is 0. The Kier molecular flexibility index (Phi) is 7.60. The molecule has 0 spiro atoms. The standard InChI is InChI=1S/C13H26O3/c1-11(2)12(14)10-16-9-8-15-7-6-13(3,4)5/h11H,6-10H2,1-5H3. The number of Topliss-reactive ketones (excluding diaryl/α,β-unsaturated/α-hetero) is 1. The second-order valence-electron chi connectivity index (χ2n) is 5.60. The minimum atomic E-state index is 0.0572. The molecule has 0 saturated heterocycles. The third-order valence-corrected chi connectivity index (χ3v) is 2.26. The van der Waals surface area contributed by atoms with E-state index < -0.39 is 0 Å². The van der Waals surface area contributed by atoms with Gasteiger partial charge in [0.25, 0.3) is 0 Å². The van der Waals surface area contributed by atoms with Crippen LogP contribution in [-0.2, 0) is 14.3 Å². The highest BCUT2D eigenvalue weighted by Gasteiger charge is 2.09. The van der Waals surface area contributed by atoms with Crippen LogP contribution in [0.15, 0.2) is 0 Å². The van der Waals surface area contributed by atoms with Gasteiger partial charge in [0.1, 0.15) is 6.61 Å². The van der Waals surface area contributed by atoms with Crippen LogP contribution in [0.1, 0.15) is 41.0 Å². The van der Waals surface area contributed by atoms with Crippen LogP contribution in [0.4, 0.5) is 0 Å². The highest BCUT2D eigenvalue weighted by Crippen LogP contribution is 2.17. The summed E-state index contributed by atoms with van der Waals surface area (Å²) in [6.07, 6.45) is 1.04. The molecule has 3 nitrogen and oxygen atoms in total. The molecule has 0 atom stereocenters. The predicted octanol–water partition coefficient (Wildman–Crippen LogP) is 2.68. The molecule has 0 bridgehead atoms. The van der Waals surface area contributed by atoms with Crippen molar-refractivity contribution >= 4 is 5.78 Å². The minimum absolute atomic E-state index is 0.0572. The molecule has 16 heavy (non-hydrogen) atoms. The van der Waals surface area contributed by atoms with Crippen molar-refractivity contribution in [3.63, 3.8) is 0 Å². The van der Waals surface area contributed by atoms with Crippen molar-refractivity contribution in [2.24, 2.45) is 11.3 Å². The topological polar surface area (TPSA) is 35.5 Å². The molecule has 0 aromatic carbocycles. The number of hydrogen-bond donors (Lipinski definition) is 0. The molecule has 0 amide bonds. The Labute approximate surface area is 99.5 Å². The van der Waals surface area contributed by atoms with E-state index in [1.807, 2.05) is 13.8 Å². The molecule has 0 aliphatic rings. The first-order valence-corrected chi connectivity index (χ1v) is 6.01. The highest BCUT2D eigenvalue weighted by atomic mass is 16.5. The quantitative estimate of drug-likeness (QED) is 0.601. The molecule has 0 aromatic heterocycles. The maximum atomic E-state index is 11.2. The maximum absolute atomic E-state index is 11.2. The Hall–Kier alpha value is -0.410. The van der Waals surface area contributed by atoms with Gasteiger partial charge in [0.2, 0.25) is 0 Å². The number of carbonyl (C=O) groups is 1. The molecule has 0 radical (unpaired) electrons. The van der Waals surface area contributed by atoms with Crippen LogP contribution in [0, 0.1) is 11.3 Å². The molecule has 96 valence electrons. The Morgan fingerprint density at radius 3 is 2.12 bits per heavy atom. The molecule has 0 fully saturated rings. The van der Waals surface area contributed by atoms with Crippen LogP contribution >= 0.6 is 0 Å². The summed E-state index contributed by atoms with van der Waals surface area (Å²) in [5.74, 6) is 0.205. The zero-order valence-corrected chi connectivity index (χ0v) is 11.3. The van der Waals surface area contributed by atoms with Crippen molar-refractivity contribution < 1.29 is 14.3 Å². The monoisotopic (exact) mass is 230 g/mol. The number of carbonyl (C=O) groups excluding carboxylic acids is 1. The molecule has 0 unspecified atom stereocenters. The third kappa shape index (κ3) is 10.1. The number of ketones is 1. The maximum Gasteiger partial charge on any atom is 0.160 e. The minimum Gasteiger partial charge on any atom is -0.379 e. The van der Waals surface area contributed by atoms with E-state index in [0.29, 0.717) is 18.6 Å². The zero-order valence-electron chi connectivity index (χ0n) is 11.3. The second-order valence-corrected chi connectivity index (χ2v) is 5.60. The lowest BCUT2D eigenvalue weighted by Gasteiger charge is -2.17. The van der Waals surface area contributed by atoms with Crippen LogP contribution < -0.4 is 0 Å². The van der Waals surface area contributed by atoms with Gasteiger partial charge < -0.3 is 9.47 Å². The van der Waals surface area contributed by atoms with Gasteiger partial charge in [-0.1, -0.05) is 34.6 Å². The largest absolute Gasteiger partial charge is 0.379 e. The van der Waals surface area contributed by atoms with Crippen molar-refractivity contribution in [3.8, 4) is 0 Å². The molecule has 0 aliphatic heterocycles. The fraction of sp³-hybridized carbons (Fsp3) is 0.923. The van der Waals surface area contributed by atoms with Gasteiger partial charge in [-0.2, -0.15) is 0 Å². The summed E-state index contributed by atoms with van der Waals surface area (Å²) in [5.41, 5.74) is 0.314. The summed E-state index contributed by atoms with van der Waals surface area (Å²) in [6.45, 7) is 12.4. The molecule has 3 heteroatoms. The average molecular weight is 230 g/mol. The lowest BCUT2D eigenvalue weighted by Crippen LogP contribution is -2.17.